The van der Waals surface area contributed by atoms with Gasteiger partial charge in [0.2, 0.25) is 17.7 Å². The molecule has 10 heteroatoms. The number of carboxylic acid groups (broad SMARTS) is 1. The molecule has 29 heavy (non-hydrogen) atoms. The zero-order valence-electron chi connectivity index (χ0n) is 15.9. The molecule has 0 bridgehead atoms. The minimum Gasteiger partial charge on any atom is -0.480 e. The van der Waals surface area contributed by atoms with Gasteiger partial charge in [-0.3, -0.25) is 14.4 Å². The molecule has 0 spiro atoms. The van der Waals surface area contributed by atoms with Crippen molar-refractivity contribution in [2.24, 2.45) is 5.73 Å². The van der Waals surface area contributed by atoms with Gasteiger partial charge in [0.1, 0.15) is 18.1 Å². The summed E-state index contributed by atoms with van der Waals surface area (Å²) in [5, 5.41) is 23.1. The summed E-state index contributed by atoms with van der Waals surface area (Å²) in [7, 11) is 0. The lowest BCUT2D eigenvalue weighted by Crippen LogP contribution is -2.54. The Labute approximate surface area is 168 Å². The number of carbonyl (C=O) groups is 4. The average Bonchev–Trinajstić information content (AvgIpc) is 3.21. The van der Waals surface area contributed by atoms with Gasteiger partial charge in [0.25, 0.3) is 0 Å². The number of carboxylic acids is 1. The fourth-order valence-electron chi connectivity index (χ4n) is 3.16. The van der Waals surface area contributed by atoms with Gasteiger partial charge >= 0.3 is 5.97 Å². The highest BCUT2D eigenvalue weighted by Crippen LogP contribution is 2.19. The number of aliphatic hydroxyl groups excluding tert-OH is 1. The van der Waals surface area contributed by atoms with Gasteiger partial charge in [0, 0.05) is 13.0 Å². The summed E-state index contributed by atoms with van der Waals surface area (Å²) < 4.78 is 0. The number of carbonyl (C=O) groups excluding carboxylic acids is 3. The molecule has 6 N–H and O–H groups in total. The second-order valence-corrected chi connectivity index (χ2v) is 6.84. The largest absolute Gasteiger partial charge is 0.480 e. The monoisotopic (exact) mass is 406 g/mol. The Morgan fingerprint density at radius 3 is 2.52 bits per heavy atom. The van der Waals surface area contributed by atoms with E-state index in [1.807, 2.05) is 6.07 Å². The SMILES string of the molecule is NC(CO)C(=O)NCC(=O)NC(Cc1ccccc1)C(=O)N1CCCC1C(=O)O. The van der Waals surface area contributed by atoms with Gasteiger partial charge in [0.05, 0.1) is 13.2 Å². The first-order valence-electron chi connectivity index (χ1n) is 9.34. The van der Waals surface area contributed by atoms with Crippen LogP contribution in [0.3, 0.4) is 0 Å². The number of amides is 3. The average molecular weight is 406 g/mol. The molecule has 1 saturated heterocycles. The molecule has 10 nitrogen and oxygen atoms in total. The summed E-state index contributed by atoms with van der Waals surface area (Å²) >= 11 is 0. The van der Waals surface area contributed by atoms with Crippen LogP contribution < -0.4 is 16.4 Å². The normalized spacial score (nSPS) is 18.0. The third-order valence-corrected chi connectivity index (χ3v) is 4.69. The maximum Gasteiger partial charge on any atom is 0.326 e. The van der Waals surface area contributed by atoms with Crippen LogP contribution in [0.1, 0.15) is 18.4 Å². The van der Waals surface area contributed by atoms with Crippen molar-refractivity contribution in [2.75, 3.05) is 19.7 Å². The van der Waals surface area contributed by atoms with Crippen LogP contribution in [0, 0.1) is 0 Å². The topological polar surface area (TPSA) is 162 Å². The van der Waals surface area contributed by atoms with Gasteiger partial charge in [-0.2, -0.15) is 0 Å². The Kier molecular flexibility index (Phi) is 8.10. The van der Waals surface area contributed by atoms with Crippen molar-refractivity contribution in [2.45, 2.75) is 37.4 Å². The van der Waals surface area contributed by atoms with E-state index in [1.54, 1.807) is 24.3 Å². The van der Waals surface area contributed by atoms with Crippen molar-refractivity contribution in [3.63, 3.8) is 0 Å². The third kappa shape index (κ3) is 6.26. The first kappa shape index (κ1) is 22.3. The molecule has 1 aliphatic heterocycles. The fraction of sp³-hybridized carbons (Fsp3) is 0.474. The predicted molar refractivity (Wildman–Crippen MR) is 103 cm³/mol. The van der Waals surface area contributed by atoms with E-state index in [-0.39, 0.29) is 6.42 Å². The molecule has 1 aromatic carbocycles. The minimum absolute atomic E-state index is 0.179. The summed E-state index contributed by atoms with van der Waals surface area (Å²) in [6, 6.07) is 5.97. The highest BCUT2D eigenvalue weighted by Gasteiger charge is 2.37. The van der Waals surface area contributed by atoms with Crippen LogP contribution in [0.25, 0.3) is 0 Å². The molecule has 158 valence electrons. The first-order valence-corrected chi connectivity index (χ1v) is 9.34. The summed E-state index contributed by atoms with van der Waals surface area (Å²) in [6.07, 6.45) is 1.12. The lowest BCUT2D eigenvalue weighted by atomic mass is 10.0. The molecule has 0 radical (unpaired) electrons. The molecule has 0 aromatic heterocycles. The maximum absolute atomic E-state index is 13.0. The second-order valence-electron chi connectivity index (χ2n) is 6.84. The summed E-state index contributed by atoms with van der Waals surface area (Å²) in [5.41, 5.74) is 6.17. The molecular formula is C19H26N4O6. The van der Waals surface area contributed by atoms with Gasteiger partial charge in [-0.05, 0) is 18.4 Å². The molecule has 3 unspecified atom stereocenters. The number of hydrogen-bond acceptors (Lipinski definition) is 6. The molecule has 3 atom stereocenters. The van der Waals surface area contributed by atoms with Crippen molar-refractivity contribution in [3.8, 4) is 0 Å². The quantitative estimate of drug-likeness (QED) is 0.324. The van der Waals surface area contributed by atoms with E-state index in [0.717, 1.165) is 5.56 Å². The van der Waals surface area contributed by atoms with E-state index in [4.69, 9.17) is 10.8 Å². The molecule has 1 aliphatic rings. The number of aliphatic carboxylic acids is 1. The summed E-state index contributed by atoms with van der Waals surface area (Å²) in [5.74, 6) is -2.88. The van der Waals surface area contributed by atoms with Gasteiger partial charge in [-0.15, -0.1) is 0 Å². The van der Waals surface area contributed by atoms with E-state index in [2.05, 4.69) is 10.6 Å². The van der Waals surface area contributed by atoms with Crippen LogP contribution in [0.5, 0.6) is 0 Å². The van der Waals surface area contributed by atoms with Gasteiger partial charge in [0.15, 0.2) is 0 Å². The van der Waals surface area contributed by atoms with E-state index in [9.17, 15) is 24.3 Å². The number of rotatable bonds is 9. The molecule has 1 fully saturated rings. The highest BCUT2D eigenvalue weighted by atomic mass is 16.4. The Balaban J connectivity index is 2.08. The van der Waals surface area contributed by atoms with Crippen LogP contribution in [-0.4, -0.2) is 76.6 Å². The standard InChI is InChI=1S/C19H26N4O6/c20-13(11-24)17(26)21-10-16(25)22-14(9-12-5-2-1-3-6-12)18(27)23-8-4-7-15(23)19(28)29/h1-3,5-6,13-15,24H,4,7-11,20H2,(H,21,26)(H,22,25)(H,28,29). The molecule has 3 amide bonds. The number of likely N-dealkylation sites (tertiary alicyclic amines) is 1. The lowest BCUT2D eigenvalue weighted by Gasteiger charge is -2.27. The highest BCUT2D eigenvalue weighted by molar-refractivity contribution is 5.93. The predicted octanol–water partition coefficient (Wildman–Crippen LogP) is -1.77. The number of hydrogen-bond donors (Lipinski definition) is 5. The Morgan fingerprint density at radius 2 is 1.90 bits per heavy atom. The molecule has 2 rings (SSSR count). The third-order valence-electron chi connectivity index (χ3n) is 4.69. The van der Waals surface area contributed by atoms with Gasteiger partial charge in [-0.25, -0.2) is 4.79 Å². The maximum atomic E-state index is 13.0. The lowest BCUT2D eigenvalue weighted by molar-refractivity contribution is -0.149. The smallest absolute Gasteiger partial charge is 0.326 e. The van der Waals surface area contributed by atoms with Crippen LogP contribution in [-0.2, 0) is 25.6 Å². The molecular weight excluding hydrogens is 380 g/mol. The number of nitrogens with one attached hydrogen (secondary N) is 2. The zero-order chi connectivity index (χ0) is 21.4. The van der Waals surface area contributed by atoms with Crippen molar-refractivity contribution in [1.82, 2.24) is 15.5 Å². The van der Waals surface area contributed by atoms with Crippen LogP contribution in [0.2, 0.25) is 0 Å². The number of nitrogens with zero attached hydrogens (tertiary/aromatic N) is 1. The Hall–Kier alpha value is -2.98. The Bertz CT molecular complexity index is 741. The molecule has 1 aromatic rings. The van der Waals surface area contributed by atoms with Crippen molar-refractivity contribution in [1.29, 1.82) is 0 Å². The number of benzene rings is 1. The van der Waals surface area contributed by atoms with Crippen LogP contribution >= 0.6 is 0 Å². The van der Waals surface area contributed by atoms with Crippen LogP contribution in [0.15, 0.2) is 30.3 Å². The summed E-state index contributed by atoms with van der Waals surface area (Å²) in [6.45, 7) is -0.680. The van der Waals surface area contributed by atoms with E-state index in [1.165, 1.54) is 4.90 Å². The molecule has 0 saturated carbocycles. The van der Waals surface area contributed by atoms with E-state index in [0.29, 0.717) is 19.4 Å². The summed E-state index contributed by atoms with van der Waals surface area (Å²) in [4.78, 5) is 49.6. The molecule has 1 heterocycles. The van der Waals surface area contributed by atoms with E-state index >= 15 is 0 Å². The number of nitrogens with two attached hydrogens (primary N) is 1. The van der Waals surface area contributed by atoms with Crippen LogP contribution in [0.4, 0.5) is 0 Å². The van der Waals surface area contributed by atoms with E-state index < -0.39 is 55.0 Å². The zero-order valence-corrected chi connectivity index (χ0v) is 15.9. The second kappa shape index (κ2) is 10.5. The van der Waals surface area contributed by atoms with Crippen molar-refractivity contribution in [3.05, 3.63) is 35.9 Å². The first-order chi connectivity index (χ1) is 13.8. The van der Waals surface area contributed by atoms with Gasteiger partial charge < -0.3 is 31.5 Å². The minimum atomic E-state index is -1.15. The number of aliphatic hydroxyl groups is 1. The van der Waals surface area contributed by atoms with Gasteiger partial charge in [-0.1, -0.05) is 30.3 Å². The fourth-order valence-corrected chi connectivity index (χ4v) is 3.16. The van der Waals surface area contributed by atoms with Crippen molar-refractivity contribution < 1.29 is 29.4 Å². The molecule has 0 aliphatic carbocycles. The Morgan fingerprint density at radius 1 is 1.21 bits per heavy atom. The van der Waals surface area contributed by atoms with Crippen molar-refractivity contribution >= 4 is 23.7 Å².